The fraction of sp³-hybridized carbons (Fsp3) is 0.375. The number of hydrogen-bond acceptors (Lipinski definition) is 5. The zero-order chi connectivity index (χ0) is 17.9. The molecule has 8 nitrogen and oxygen atoms in total. The van der Waals surface area contributed by atoms with Crippen molar-refractivity contribution in [1.82, 2.24) is 14.9 Å². The van der Waals surface area contributed by atoms with E-state index < -0.39 is 16.4 Å². The Labute approximate surface area is 164 Å². The first-order valence-corrected chi connectivity index (χ1v) is 7.58. The van der Waals surface area contributed by atoms with Gasteiger partial charge in [0.05, 0.1) is 16.8 Å². The van der Waals surface area contributed by atoms with Gasteiger partial charge in [-0.25, -0.2) is 4.98 Å². The maximum atomic E-state index is 12.5. The predicted molar refractivity (Wildman–Crippen MR) is 104 cm³/mol. The van der Waals surface area contributed by atoms with E-state index in [2.05, 4.69) is 10.3 Å². The monoisotopic (exact) mass is 403 g/mol. The van der Waals surface area contributed by atoms with E-state index >= 15 is 0 Å². The Morgan fingerprint density at radius 3 is 2.54 bits per heavy atom. The van der Waals surface area contributed by atoms with E-state index in [0.29, 0.717) is 5.69 Å². The highest BCUT2D eigenvalue weighted by Gasteiger charge is 2.29. The molecule has 0 saturated carbocycles. The zero-order valence-electron chi connectivity index (χ0n) is 14.7. The van der Waals surface area contributed by atoms with Crippen LogP contribution < -0.4 is 11.1 Å². The predicted octanol–water partition coefficient (Wildman–Crippen LogP) is 2.73. The topological polar surface area (TPSA) is 116 Å². The normalized spacial score (nSPS) is 12.5. The summed E-state index contributed by atoms with van der Waals surface area (Å²) in [6, 6.07) is 4.35. The molecule has 0 aliphatic heterocycles. The van der Waals surface area contributed by atoms with Crippen molar-refractivity contribution in [3.05, 3.63) is 52.6 Å². The number of benzene rings is 1. The lowest BCUT2D eigenvalue weighted by molar-refractivity contribution is -0.384. The van der Waals surface area contributed by atoms with E-state index in [1.807, 2.05) is 20.8 Å². The molecule has 0 spiro atoms. The third kappa shape index (κ3) is 4.94. The van der Waals surface area contributed by atoms with Crippen molar-refractivity contribution in [2.45, 2.75) is 26.3 Å². The molecule has 1 atom stereocenters. The van der Waals surface area contributed by atoms with Gasteiger partial charge in [-0.2, -0.15) is 0 Å². The van der Waals surface area contributed by atoms with Crippen LogP contribution in [-0.4, -0.2) is 32.5 Å². The average molecular weight is 404 g/mol. The summed E-state index contributed by atoms with van der Waals surface area (Å²) in [6.45, 7) is 6.03. The van der Waals surface area contributed by atoms with Crippen molar-refractivity contribution >= 4 is 36.4 Å². The molecule has 1 aromatic heterocycles. The van der Waals surface area contributed by atoms with E-state index in [9.17, 15) is 14.9 Å². The van der Waals surface area contributed by atoms with E-state index in [1.54, 1.807) is 12.3 Å². The Hall–Kier alpha value is -2.16. The van der Waals surface area contributed by atoms with Gasteiger partial charge in [0.15, 0.2) is 0 Å². The van der Waals surface area contributed by atoms with Crippen LogP contribution in [-0.2, 0) is 0 Å². The van der Waals surface area contributed by atoms with Crippen LogP contribution in [0.5, 0.6) is 0 Å². The molecule has 0 bridgehead atoms. The first kappa shape index (κ1) is 23.8. The number of nitrogens with two attached hydrogens (primary N) is 1. The van der Waals surface area contributed by atoms with Gasteiger partial charge in [-0.05, 0) is 25.0 Å². The van der Waals surface area contributed by atoms with Gasteiger partial charge in [-0.3, -0.25) is 14.9 Å². The molecular formula is C16H23Cl2N5O3. The third-order valence-electron chi connectivity index (χ3n) is 4.31. The van der Waals surface area contributed by atoms with Crippen LogP contribution in [0.4, 0.5) is 5.69 Å². The molecule has 0 aliphatic carbocycles. The molecule has 1 aromatic carbocycles. The number of amides is 1. The highest BCUT2D eigenvalue weighted by molar-refractivity contribution is 5.95. The maximum Gasteiger partial charge on any atom is 0.294 e. The van der Waals surface area contributed by atoms with Gasteiger partial charge in [0, 0.05) is 30.6 Å². The number of halogens is 2. The van der Waals surface area contributed by atoms with Crippen LogP contribution in [0, 0.1) is 16.0 Å². The molecule has 2 rings (SSSR count). The minimum atomic E-state index is -0.588. The lowest BCUT2D eigenvalue weighted by Crippen LogP contribution is -2.55. The summed E-state index contributed by atoms with van der Waals surface area (Å²) < 4.78 is 1.53. The number of nitrogens with one attached hydrogen (secondary N) is 1. The Morgan fingerprint density at radius 1 is 1.42 bits per heavy atom. The van der Waals surface area contributed by atoms with Crippen LogP contribution >= 0.6 is 24.8 Å². The molecule has 1 unspecified atom stereocenters. The number of nitrogens with zero attached hydrogens (tertiary/aromatic N) is 3. The van der Waals surface area contributed by atoms with Crippen molar-refractivity contribution in [2.24, 2.45) is 11.7 Å². The zero-order valence-corrected chi connectivity index (χ0v) is 16.3. The molecular weight excluding hydrogens is 381 g/mol. The first-order chi connectivity index (χ1) is 11.3. The minimum absolute atomic E-state index is 0. The fourth-order valence-electron chi connectivity index (χ4n) is 2.19. The van der Waals surface area contributed by atoms with Gasteiger partial charge in [-0.15, -0.1) is 24.8 Å². The number of imidazole rings is 1. The van der Waals surface area contributed by atoms with Gasteiger partial charge in [0.1, 0.15) is 5.69 Å². The van der Waals surface area contributed by atoms with Gasteiger partial charge in [0.25, 0.3) is 11.6 Å². The number of aromatic nitrogens is 2. The van der Waals surface area contributed by atoms with Crippen LogP contribution in [0.25, 0.3) is 5.69 Å². The van der Waals surface area contributed by atoms with Crippen molar-refractivity contribution in [3.8, 4) is 5.69 Å². The second-order valence-electron chi connectivity index (χ2n) is 6.16. The minimum Gasteiger partial charge on any atom is -0.345 e. The smallest absolute Gasteiger partial charge is 0.294 e. The molecule has 0 aliphatic rings. The highest BCUT2D eigenvalue weighted by Crippen LogP contribution is 2.25. The van der Waals surface area contributed by atoms with Gasteiger partial charge >= 0.3 is 0 Å². The fourth-order valence-corrected chi connectivity index (χ4v) is 2.19. The molecule has 0 radical (unpaired) electrons. The van der Waals surface area contributed by atoms with Gasteiger partial charge in [0.2, 0.25) is 0 Å². The number of nitro groups is 1. The van der Waals surface area contributed by atoms with Crippen molar-refractivity contribution in [1.29, 1.82) is 0 Å². The van der Waals surface area contributed by atoms with E-state index in [4.69, 9.17) is 5.73 Å². The molecule has 26 heavy (non-hydrogen) atoms. The number of carbonyl (C=O) groups is 1. The van der Waals surface area contributed by atoms with Crippen molar-refractivity contribution in [3.63, 3.8) is 0 Å². The van der Waals surface area contributed by atoms with Crippen molar-refractivity contribution in [2.75, 3.05) is 6.54 Å². The summed E-state index contributed by atoms with van der Waals surface area (Å²) in [7, 11) is 0. The standard InChI is InChI=1S/C16H21N5O3.2ClH/c1-11(2)16(3,9-17)19-15(22)12-4-5-13(14(8-12)21(23)24)20-7-6-18-10-20;;/h4-8,10-11H,9,17H2,1-3H3,(H,19,22);2*1H. The Morgan fingerprint density at radius 2 is 2.08 bits per heavy atom. The Bertz CT molecular complexity index is 752. The number of nitro benzene ring substituents is 1. The summed E-state index contributed by atoms with van der Waals surface area (Å²) in [4.78, 5) is 27.2. The maximum absolute atomic E-state index is 12.5. The molecule has 144 valence electrons. The second-order valence-corrected chi connectivity index (χ2v) is 6.16. The van der Waals surface area contributed by atoms with Crippen LogP contribution in [0.2, 0.25) is 0 Å². The van der Waals surface area contributed by atoms with E-state index in [0.717, 1.165) is 0 Å². The molecule has 1 heterocycles. The quantitative estimate of drug-likeness (QED) is 0.567. The summed E-state index contributed by atoms with van der Waals surface area (Å²) in [5.74, 6) is -0.274. The van der Waals surface area contributed by atoms with E-state index in [1.165, 1.54) is 29.2 Å². The van der Waals surface area contributed by atoms with Gasteiger partial charge in [-0.1, -0.05) is 13.8 Å². The van der Waals surface area contributed by atoms with Crippen LogP contribution in [0.3, 0.4) is 0 Å². The molecule has 0 saturated heterocycles. The molecule has 0 fully saturated rings. The lowest BCUT2D eigenvalue weighted by Gasteiger charge is -2.33. The van der Waals surface area contributed by atoms with Crippen molar-refractivity contribution < 1.29 is 9.72 Å². The lowest BCUT2D eigenvalue weighted by atomic mass is 9.88. The Balaban J connectivity index is 0.00000312. The number of carbonyl (C=O) groups excluding carboxylic acids is 1. The second kappa shape index (κ2) is 9.51. The number of hydrogen-bond donors (Lipinski definition) is 2. The largest absolute Gasteiger partial charge is 0.345 e. The Kier molecular flexibility index (Phi) is 8.72. The number of rotatable bonds is 6. The summed E-state index contributed by atoms with van der Waals surface area (Å²) >= 11 is 0. The van der Waals surface area contributed by atoms with Crippen LogP contribution in [0.15, 0.2) is 36.9 Å². The van der Waals surface area contributed by atoms with E-state index in [-0.39, 0.29) is 48.5 Å². The SMILES string of the molecule is CC(C)C(C)(CN)NC(=O)c1ccc(-n2ccnc2)c([N+](=O)[O-])c1.Cl.Cl. The molecule has 3 N–H and O–H groups in total. The summed E-state index contributed by atoms with van der Waals surface area (Å²) in [5.41, 5.74) is 5.57. The molecule has 10 heteroatoms. The molecule has 1 amide bonds. The summed E-state index contributed by atoms with van der Waals surface area (Å²) in [6.07, 6.45) is 4.60. The molecule has 2 aromatic rings. The summed E-state index contributed by atoms with van der Waals surface area (Å²) in [5, 5.41) is 14.2. The van der Waals surface area contributed by atoms with Crippen LogP contribution in [0.1, 0.15) is 31.1 Å². The highest BCUT2D eigenvalue weighted by atomic mass is 35.5. The average Bonchev–Trinajstić information content (AvgIpc) is 3.08. The van der Waals surface area contributed by atoms with Gasteiger partial charge < -0.3 is 15.6 Å². The first-order valence-electron chi connectivity index (χ1n) is 7.58. The third-order valence-corrected chi connectivity index (χ3v) is 4.31.